The Kier molecular flexibility index (Phi) is 7.54. The second kappa shape index (κ2) is 10.3. The summed E-state index contributed by atoms with van der Waals surface area (Å²) in [5.41, 5.74) is 1.05. The molecule has 0 aliphatic rings. The number of ketones is 1. The molecule has 4 nitrogen and oxygen atoms in total. The molecule has 0 saturated carbocycles. The maximum Gasteiger partial charge on any atom is 0.275 e. The van der Waals surface area contributed by atoms with Crippen molar-refractivity contribution < 1.29 is 14.5 Å². The molecule has 28 heavy (non-hydrogen) atoms. The van der Waals surface area contributed by atoms with Crippen molar-refractivity contribution in [1.29, 1.82) is 0 Å². The number of nitrogens with one attached hydrogen (secondary N) is 2. The molecule has 146 valence electrons. The molecule has 6 heteroatoms. The van der Waals surface area contributed by atoms with E-state index in [1.54, 1.807) is 22.7 Å². The molecule has 2 N–H and O–H groups in total. The Balaban J connectivity index is 1.63. The van der Waals surface area contributed by atoms with E-state index in [1.165, 1.54) is 21.6 Å². The molecule has 0 aliphatic carbocycles. The van der Waals surface area contributed by atoms with E-state index in [1.807, 2.05) is 42.5 Å². The van der Waals surface area contributed by atoms with Gasteiger partial charge in [-0.25, -0.2) is 0 Å². The standard InChI is InChI=1S/C22H24N2O2S2/c1-17(25)21(13-18-7-3-2-4-8-18)23-22(26)16-24(14-19-9-5-11-27-19)15-20-10-6-12-28-20/h2-12,21H,13-16H2,1H3,(H,23,26)/p+1/t21-/m0/s1. The lowest BCUT2D eigenvalue weighted by atomic mass is 10.0. The third-order valence-corrected chi connectivity index (χ3v) is 6.28. The molecule has 0 unspecified atom stereocenters. The Morgan fingerprint density at radius 2 is 1.54 bits per heavy atom. The first-order valence-electron chi connectivity index (χ1n) is 9.32. The first-order chi connectivity index (χ1) is 13.6. The lowest BCUT2D eigenvalue weighted by molar-refractivity contribution is -0.919. The van der Waals surface area contributed by atoms with E-state index in [9.17, 15) is 9.59 Å². The van der Waals surface area contributed by atoms with Gasteiger partial charge in [0.2, 0.25) is 0 Å². The molecule has 1 atom stereocenters. The summed E-state index contributed by atoms with van der Waals surface area (Å²) in [4.78, 5) is 28.5. The summed E-state index contributed by atoms with van der Waals surface area (Å²) < 4.78 is 0. The number of benzene rings is 1. The largest absolute Gasteiger partial charge is 0.341 e. The maximum absolute atomic E-state index is 12.7. The van der Waals surface area contributed by atoms with Gasteiger partial charge in [-0.2, -0.15) is 0 Å². The number of Topliss-reactive ketones (excluding diaryl/α,β-unsaturated/α-hetero) is 1. The molecule has 1 aromatic carbocycles. The number of quaternary nitrogens is 1. The van der Waals surface area contributed by atoms with E-state index in [-0.39, 0.29) is 11.7 Å². The van der Waals surface area contributed by atoms with Crippen LogP contribution in [0.3, 0.4) is 0 Å². The van der Waals surface area contributed by atoms with Gasteiger partial charge in [0.05, 0.1) is 15.8 Å². The average Bonchev–Trinajstić information content (AvgIpc) is 3.36. The SMILES string of the molecule is CC(=O)[C@H](Cc1ccccc1)NC(=O)C[NH+](Cc1cccs1)Cc1cccs1. The van der Waals surface area contributed by atoms with Gasteiger partial charge in [-0.1, -0.05) is 42.5 Å². The number of thiophene rings is 2. The molecule has 0 spiro atoms. The molecule has 0 saturated heterocycles. The van der Waals surface area contributed by atoms with Gasteiger partial charge in [0.1, 0.15) is 13.1 Å². The summed E-state index contributed by atoms with van der Waals surface area (Å²) in [6, 6.07) is 17.6. The Hall–Kier alpha value is -2.28. The molecule has 3 rings (SSSR count). The third-order valence-electron chi connectivity index (χ3n) is 4.53. The van der Waals surface area contributed by atoms with Gasteiger partial charge in [0.15, 0.2) is 12.3 Å². The van der Waals surface area contributed by atoms with Crippen molar-refractivity contribution in [3.63, 3.8) is 0 Å². The van der Waals surface area contributed by atoms with Crippen LogP contribution in [0.1, 0.15) is 22.2 Å². The van der Waals surface area contributed by atoms with Crippen LogP contribution in [-0.4, -0.2) is 24.3 Å². The summed E-state index contributed by atoms with van der Waals surface area (Å²) in [6.07, 6.45) is 0.521. The summed E-state index contributed by atoms with van der Waals surface area (Å²) >= 11 is 3.42. The molecule has 3 aromatic rings. The summed E-state index contributed by atoms with van der Waals surface area (Å²) in [6.45, 7) is 3.48. The predicted octanol–water partition coefficient (Wildman–Crippen LogP) is 2.71. The number of carbonyl (C=O) groups excluding carboxylic acids is 2. The van der Waals surface area contributed by atoms with Crippen molar-refractivity contribution in [2.75, 3.05) is 6.54 Å². The van der Waals surface area contributed by atoms with Crippen LogP contribution in [0.15, 0.2) is 65.4 Å². The zero-order valence-corrected chi connectivity index (χ0v) is 17.5. The van der Waals surface area contributed by atoms with Crippen LogP contribution < -0.4 is 10.2 Å². The van der Waals surface area contributed by atoms with Crippen molar-refractivity contribution in [2.45, 2.75) is 32.5 Å². The molecular formula is C22H25N2O2S2+. The van der Waals surface area contributed by atoms with Crippen LogP contribution in [-0.2, 0) is 29.1 Å². The van der Waals surface area contributed by atoms with E-state index in [0.717, 1.165) is 18.7 Å². The molecule has 0 aliphatic heterocycles. The lowest BCUT2D eigenvalue weighted by Crippen LogP contribution is -3.10. The minimum absolute atomic E-state index is 0.0183. The summed E-state index contributed by atoms with van der Waals surface area (Å²) in [5.74, 6) is -0.102. The highest BCUT2D eigenvalue weighted by atomic mass is 32.1. The van der Waals surface area contributed by atoms with Crippen LogP contribution in [0.5, 0.6) is 0 Å². The molecule has 0 fully saturated rings. The molecule has 0 radical (unpaired) electrons. The Morgan fingerprint density at radius 3 is 2.04 bits per heavy atom. The fraction of sp³-hybridized carbons (Fsp3) is 0.273. The van der Waals surface area contributed by atoms with Gasteiger partial charge < -0.3 is 10.2 Å². The third kappa shape index (κ3) is 6.41. The van der Waals surface area contributed by atoms with Crippen molar-refractivity contribution in [3.05, 3.63) is 80.7 Å². The van der Waals surface area contributed by atoms with Gasteiger partial charge >= 0.3 is 0 Å². The molecular weight excluding hydrogens is 388 g/mol. The minimum atomic E-state index is -0.486. The van der Waals surface area contributed by atoms with Gasteiger partial charge in [-0.3, -0.25) is 9.59 Å². The maximum atomic E-state index is 12.7. The van der Waals surface area contributed by atoms with Crippen molar-refractivity contribution in [1.82, 2.24) is 5.32 Å². The van der Waals surface area contributed by atoms with Gasteiger partial charge in [-0.15, -0.1) is 22.7 Å². The smallest absolute Gasteiger partial charge is 0.275 e. The Bertz CT molecular complexity index is 825. The van der Waals surface area contributed by atoms with Crippen LogP contribution >= 0.6 is 22.7 Å². The Morgan fingerprint density at radius 1 is 0.929 bits per heavy atom. The normalized spacial score (nSPS) is 12.1. The van der Waals surface area contributed by atoms with Gasteiger partial charge in [0.25, 0.3) is 5.91 Å². The summed E-state index contributed by atoms with van der Waals surface area (Å²) in [7, 11) is 0. The fourth-order valence-electron chi connectivity index (χ4n) is 3.13. The zero-order valence-electron chi connectivity index (χ0n) is 15.9. The second-order valence-electron chi connectivity index (χ2n) is 6.86. The van der Waals surface area contributed by atoms with Crippen LogP contribution in [0.4, 0.5) is 0 Å². The van der Waals surface area contributed by atoms with Crippen molar-refractivity contribution in [2.24, 2.45) is 0 Å². The highest BCUT2D eigenvalue weighted by molar-refractivity contribution is 7.10. The molecule has 2 heterocycles. The van der Waals surface area contributed by atoms with E-state index < -0.39 is 6.04 Å². The van der Waals surface area contributed by atoms with Gasteiger partial charge in [-0.05, 0) is 41.8 Å². The van der Waals surface area contributed by atoms with Crippen molar-refractivity contribution >= 4 is 34.4 Å². The van der Waals surface area contributed by atoms with E-state index >= 15 is 0 Å². The molecule has 0 bridgehead atoms. The topological polar surface area (TPSA) is 50.6 Å². The highest BCUT2D eigenvalue weighted by Gasteiger charge is 2.22. The fourth-order valence-corrected chi connectivity index (χ4v) is 4.68. The number of hydrogen-bond acceptors (Lipinski definition) is 4. The lowest BCUT2D eigenvalue weighted by Gasteiger charge is -2.20. The number of carbonyl (C=O) groups is 2. The van der Waals surface area contributed by atoms with Gasteiger partial charge in [0, 0.05) is 0 Å². The quantitative estimate of drug-likeness (QED) is 0.537. The Labute approximate surface area is 173 Å². The number of amides is 1. The average molecular weight is 414 g/mol. The zero-order chi connectivity index (χ0) is 19.8. The number of rotatable bonds is 10. The van der Waals surface area contributed by atoms with E-state index in [4.69, 9.17) is 0 Å². The first-order valence-corrected chi connectivity index (χ1v) is 11.1. The van der Waals surface area contributed by atoms with Crippen LogP contribution in [0, 0.1) is 0 Å². The van der Waals surface area contributed by atoms with E-state index in [2.05, 4.69) is 28.2 Å². The van der Waals surface area contributed by atoms with Crippen LogP contribution in [0.25, 0.3) is 0 Å². The first kappa shape index (κ1) is 20.5. The van der Waals surface area contributed by atoms with Crippen LogP contribution in [0.2, 0.25) is 0 Å². The van der Waals surface area contributed by atoms with E-state index in [0.29, 0.717) is 13.0 Å². The molecule has 2 aromatic heterocycles. The number of hydrogen-bond donors (Lipinski definition) is 2. The predicted molar refractivity (Wildman–Crippen MR) is 115 cm³/mol. The molecule has 1 amide bonds. The minimum Gasteiger partial charge on any atom is -0.341 e. The summed E-state index contributed by atoms with van der Waals surface area (Å²) in [5, 5.41) is 7.07. The van der Waals surface area contributed by atoms with Crippen molar-refractivity contribution in [3.8, 4) is 0 Å². The highest BCUT2D eigenvalue weighted by Crippen LogP contribution is 2.09. The monoisotopic (exact) mass is 413 g/mol. The second-order valence-corrected chi connectivity index (χ2v) is 8.92.